The third-order valence-corrected chi connectivity index (χ3v) is 2.90. The Kier molecular flexibility index (Phi) is 3.39. The van der Waals surface area contributed by atoms with E-state index in [1.165, 1.54) is 0 Å². The van der Waals surface area contributed by atoms with Crippen molar-refractivity contribution in [2.24, 2.45) is 0 Å². The lowest BCUT2D eigenvalue weighted by Crippen LogP contribution is -2.03. The fourth-order valence-corrected chi connectivity index (χ4v) is 1.95. The van der Waals surface area contributed by atoms with Crippen LogP contribution in [0.2, 0.25) is 0 Å². The molecule has 6 nitrogen and oxygen atoms in total. The van der Waals surface area contributed by atoms with E-state index in [9.17, 15) is 0 Å². The van der Waals surface area contributed by atoms with Crippen molar-refractivity contribution in [1.82, 2.24) is 14.4 Å². The van der Waals surface area contributed by atoms with E-state index in [0.717, 1.165) is 6.54 Å². The highest BCUT2D eigenvalue weighted by Gasteiger charge is 2.09. The Labute approximate surface area is 121 Å². The van der Waals surface area contributed by atoms with Gasteiger partial charge in [0.25, 0.3) is 5.88 Å². The molecule has 1 aromatic carbocycles. The quantitative estimate of drug-likeness (QED) is 0.794. The second kappa shape index (κ2) is 5.51. The summed E-state index contributed by atoms with van der Waals surface area (Å²) < 4.78 is 7.64. The molecule has 0 aliphatic rings. The molecule has 0 saturated carbocycles. The zero-order valence-electron chi connectivity index (χ0n) is 11.4. The van der Waals surface area contributed by atoms with Crippen LogP contribution in [-0.2, 0) is 0 Å². The molecular weight excluding hydrogens is 266 g/mol. The van der Waals surface area contributed by atoms with Gasteiger partial charge in [0.15, 0.2) is 0 Å². The lowest BCUT2D eigenvalue weighted by molar-refractivity contribution is 0.465. The summed E-state index contributed by atoms with van der Waals surface area (Å²) in [5, 5.41) is 12.0. The van der Waals surface area contributed by atoms with E-state index in [1.807, 2.05) is 23.7 Å². The Balaban J connectivity index is 1.98. The molecule has 1 N–H and O–H groups in total. The molecule has 2 heterocycles. The van der Waals surface area contributed by atoms with Gasteiger partial charge in [0, 0.05) is 18.9 Å². The summed E-state index contributed by atoms with van der Waals surface area (Å²) in [5.41, 5.74) is 1.23. The van der Waals surface area contributed by atoms with E-state index in [0.29, 0.717) is 28.7 Å². The van der Waals surface area contributed by atoms with Crippen LogP contribution in [0.4, 0.5) is 5.82 Å². The second-order valence-electron chi connectivity index (χ2n) is 4.36. The van der Waals surface area contributed by atoms with Gasteiger partial charge in [0.1, 0.15) is 11.6 Å². The van der Waals surface area contributed by atoms with E-state index < -0.39 is 0 Å². The zero-order chi connectivity index (χ0) is 14.7. The molecule has 3 rings (SSSR count). The fraction of sp³-hybridized carbons (Fsp3) is 0.133. The SMILES string of the molecule is CCNc1cn2ccnc2c(Oc2ccc(C#N)cc2)n1. The Morgan fingerprint density at radius 3 is 2.86 bits per heavy atom. The Bertz CT molecular complexity index is 801. The van der Waals surface area contributed by atoms with Crippen LogP contribution in [0.1, 0.15) is 12.5 Å². The summed E-state index contributed by atoms with van der Waals surface area (Å²) in [6, 6.07) is 8.94. The van der Waals surface area contributed by atoms with E-state index in [-0.39, 0.29) is 0 Å². The molecule has 6 heteroatoms. The van der Waals surface area contributed by atoms with E-state index in [2.05, 4.69) is 21.4 Å². The molecule has 0 atom stereocenters. The van der Waals surface area contributed by atoms with Crippen molar-refractivity contribution >= 4 is 11.5 Å². The maximum Gasteiger partial charge on any atom is 0.265 e. The number of fused-ring (bicyclic) bond motifs is 1. The van der Waals surface area contributed by atoms with E-state index in [1.54, 1.807) is 30.5 Å². The average Bonchev–Trinajstić information content (AvgIpc) is 2.97. The molecular formula is C15H13N5O. The number of aromatic nitrogens is 3. The van der Waals surface area contributed by atoms with Crippen LogP contribution in [0.15, 0.2) is 42.9 Å². The number of imidazole rings is 1. The topological polar surface area (TPSA) is 75.2 Å². The standard InChI is InChI=1S/C15H13N5O/c1-2-17-13-10-20-8-7-18-14(20)15(19-13)21-12-5-3-11(9-16)4-6-12/h3-8,10,17H,2H2,1H3. The number of rotatable bonds is 4. The minimum Gasteiger partial charge on any atom is -0.436 e. The minimum atomic E-state index is 0.420. The van der Waals surface area contributed by atoms with Gasteiger partial charge in [-0.15, -0.1) is 0 Å². The summed E-state index contributed by atoms with van der Waals surface area (Å²) in [4.78, 5) is 8.66. The highest BCUT2D eigenvalue weighted by atomic mass is 16.5. The predicted molar refractivity (Wildman–Crippen MR) is 78.4 cm³/mol. The molecule has 0 fully saturated rings. The van der Waals surface area contributed by atoms with Crippen molar-refractivity contribution < 1.29 is 4.74 Å². The number of ether oxygens (including phenoxy) is 1. The van der Waals surface area contributed by atoms with Gasteiger partial charge in [-0.2, -0.15) is 10.2 Å². The summed E-state index contributed by atoms with van der Waals surface area (Å²) in [7, 11) is 0. The van der Waals surface area contributed by atoms with Gasteiger partial charge in [0.05, 0.1) is 17.8 Å². The van der Waals surface area contributed by atoms with Crippen LogP contribution in [0, 0.1) is 11.3 Å². The molecule has 0 spiro atoms. The molecule has 0 aliphatic carbocycles. The first-order valence-electron chi connectivity index (χ1n) is 6.55. The third kappa shape index (κ3) is 2.62. The van der Waals surface area contributed by atoms with Gasteiger partial charge in [0.2, 0.25) is 5.65 Å². The molecule has 0 aliphatic heterocycles. The fourth-order valence-electron chi connectivity index (χ4n) is 1.95. The molecule has 0 unspecified atom stereocenters. The average molecular weight is 279 g/mol. The number of hydrogen-bond donors (Lipinski definition) is 1. The highest BCUT2D eigenvalue weighted by molar-refractivity contribution is 5.55. The first-order chi connectivity index (χ1) is 10.3. The molecule has 0 saturated heterocycles. The minimum absolute atomic E-state index is 0.420. The van der Waals surface area contributed by atoms with Gasteiger partial charge in [-0.05, 0) is 31.2 Å². The van der Waals surface area contributed by atoms with Crippen LogP contribution in [0.5, 0.6) is 11.6 Å². The van der Waals surface area contributed by atoms with E-state index in [4.69, 9.17) is 10.00 Å². The normalized spacial score (nSPS) is 10.3. The van der Waals surface area contributed by atoms with Crippen LogP contribution in [-0.4, -0.2) is 20.9 Å². The van der Waals surface area contributed by atoms with Gasteiger partial charge in [-0.3, -0.25) is 4.40 Å². The third-order valence-electron chi connectivity index (χ3n) is 2.90. The van der Waals surface area contributed by atoms with Gasteiger partial charge < -0.3 is 10.1 Å². The molecule has 21 heavy (non-hydrogen) atoms. The number of benzene rings is 1. The van der Waals surface area contributed by atoms with Crippen LogP contribution in [0.3, 0.4) is 0 Å². The largest absolute Gasteiger partial charge is 0.436 e. The van der Waals surface area contributed by atoms with Crippen molar-refractivity contribution in [3.63, 3.8) is 0 Å². The predicted octanol–water partition coefficient (Wildman–Crippen LogP) is 2.83. The zero-order valence-corrected chi connectivity index (χ0v) is 11.4. The van der Waals surface area contributed by atoms with Crippen molar-refractivity contribution in [2.45, 2.75) is 6.92 Å². The first-order valence-corrected chi connectivity index (χ1v) is 6.55. The Morgan fingerprint density at radius 2 is 2.14 bits per heavy atom. The summed E-state index contributed by atoms with van der Waals surface area (Å²) in [6.45, 7) is 2.77. The van der Waals surface area contributed by atoms with Crippen molar-refractivity contribution in [3.05, 3.63) is 48.4 Å². The molecule has 0 radical (unpaired) electrons. The number of nitrogens with zero attached hydrogens (tertiary/aromatic N) is 4. The van der Waals surface area contributed by atoms with Crippen LogP contribution >= 0.6 is 0 Å². The molecule has 2 aromatic heterocycles. The number of nitriles is 1. The lowest BCUT2D eigenvalue weighted by Gasteiger charge is -2.09. The van der Waals surface area contributed by atoms with E-state index >= 15 is 0 Å². The van der Waals surface area contributed by atoms with Crippen molar-refractivity contribution in [1.29, 1.82) is 5.26 Å². The van der Waals surface area contributed by atoms with Gasteiger partial charge in [-0.25, -0.2) is 4.98 Å². The molecule has 104 valence electrons. The van der Waals surface area contributed by atoms with Crippen LogP contribution < -0.4 is 10.1 Å². The van der Waals surface area contributed by atoms with Gasteiger partial charge in [-0.1, -0.05) is 0 Å². The molecule has 0 bridgehead atoms. The Morgan fingerprint density at radius 1 is 1.33 bits per heavy atom. The summed E-state index contributed by atoms with van der Waals surface area (Å²) in [5.74, 6) is 1.75. The maximum absolute atomic E-state index is 8.80. The lowest BCUT2D eigenvalue weighted by atomic mass is 10.2. The Hall–Kier alpha value is -3.07. The number of hydrogen-bond acceptors (Lipinski definition) is 5. The number of nitrogens with one attached hydrogen (secondary N) is 1. The van der Waals surface area contributed by atoms with Crippen molar-refractivity contribution in [3.8, 4) is 17.7 Å². The molecule has 0 amide bonds. The smallest absolute Gasteiger partial charge is 0.265 e. The summed E-state index contributed by atoms with van der Waals surface area (Å²) >= 11 is 0. The summed E-state index contributed by atoms with van der Waals surface area (Å²) in [6.07, 6.45) is 5.39. The molecule has 3 aromatic rings. The highest BCUT2D eigenvalue weighted by Crippen LogP contribution is 2.25. The second-order valence-corrected chi connectivity index (χ2v) is 4.36. The monoisotopic (exact) mass is 279 g/mol. The van der Waals surface area contributed by atoms with Crippen molar-refractivity contribution in [2.75, 3.05) is 11.9 Å². The number of anilines is 1. The maximum atomic E-state index is 8.80. The van der Waals surface area contributed by atoms with Crippen LogP contribution in [0.25, 0.3) is 5.65 Å². The first kappa shape index (κ1) is 12.9. The van der Waals surface area contributed by atoms with Gasteiger partial charge >= 0.3 is 0 Å².